The van der Waals surface area contributed by atoms with Gasteiger partial charge in [-0.1, -0.05) is 39.0 Å². The second kappa shape index (κ2) is 4.91. The highest BCUT2D eigenvalue weighted by molar-refractivity contribution is 5.81. The molecular formula is C15H23NO. The summed E-state index contributed by atoms with van der Waals surface area (Å²) in [6.45, 7) is 12.0. The Morgan fingerprint density at radius 3 is 2.24 bits per heavy atom. The van der Waals surface area contributed by atoms with Gasteiger partial charge in [0.05, 0.1) is 6.04 Å². The minimum absolute atomic E-state index is 0.0565. The van der Waals surface area contributed by atoms with Crippen LogP contribution in [0.15, 0.2) is 18.2 Å². The minimum Gasteiger partial charge on any atom is -0.349 e. The first-order chi connectivity index (χ1) is 7.71. The molecule has 0 aromatic heterocycles. The molecule has 2 nitrogen and oxygen atoms in total. The van der Waals surface area contributed by atoms with Crippen LogP contribution in [0.4, 0.5) is 0 Å². The Morgan fingerprint density at radius 2 is 1.76 bits per heavy atom. The molecular weight excluding hydrogens is 210 g/mol. The van der Waals surface area contributed by atoms with Gasteiger partial charge in [-0.15, -0.1) is 0 Å². The Kier molecular flexibility index (Phi) is 3.97. The molecule has 0 bridgehead atoms. The van der Waals surface area contributed by atoms with Gasteiger partial charge in [0.2, 0.25) is 5.91 Å². The molecule has 0 saturated carbocycles. The number of aryl methyl sites for hydroxylation is 2. The summed E-state index contributed by atoms with van der Waals surface area (Å²) < 4.78 is 0. The Balaban J connectivity index is 2.80. The third-order valence-corrected chi connectivity index (χ3v) is 3.06. The van der Waals surface area contributed by atoms with Crippen molar-refractivity contribution in [2.75, 3.05) is 0 Å². The zero-order valence-electron chi connectivity index (χ0n) is 11.7. The van der Waals surface area contributed by atoms with Gasteiger partial charge in [0.15, 0.2) is 0 Å². The molecule has 0 aliphatic heterocycles. The lowest BCUT2D eigenvalue weighted by atomic mass is 9.94. The van der Waals surface area contributed by atoms with Gasteiger partial charge in [-0.25, -0.2) is 0 Å². The van der Waals surface area contributed by atoms with Crippen molar-refractivity contribution in [1.29, 1.82) is 0 Å². The van der Waals surface area contributed by atoms with Crippen LogP contribution in [0.3, 0.4) is 0 Å². The molecule has 0 saturated heterocycles. The van der Waals surface area contributed by atoms with E-state index in [2.05, 4.69) is 37.4 Å². The third kappa shape index (κ3) is 3.58. The van der Waals surface area contributed by atoms with E-state index in [1.54, 1.807) is 0 Å². The summed E-state index contributed by atoms with van der Waals surface area (Å²) in [5.41, 5.74) is 3.36. The fourth-order valence-electron chi connectivity index (χ4n) is 1.53. The quantitative estimate of drug-likeness (QED) is 0.832. The fourth-order valence-corrected chi connectivity index (χ4v) is 1.53. The average Bonchev–Trinajstić information content (AvgIpc) is 2.20. The summed E-state index contributed by atoms with van der Waals surface area (Å²) >= 11 is 0. The van der Waals surface area contributed by atoms with E-state index >= 15 is 0 Å². The van der Waals surface area contributed by atoms with Crippen molar-refractivity contribution in [3.05, 3.63) is 34.9 Å². The molecule has 1 aromatic rings. The number of carbonyl (C=O) groups excluding carboxylic acids is 1. The molecule has 0 heterocycles. The maximum atomic E-state index is 11.9. The van der Waals surface area contributed by atoms with Crippen molar-refractivity contribution in [2.45, 2.75) is 47.6 Å². The Morgan fingerprint density at radius 1 is 1.18 bits per heavy atom. The molecule has 1 rings (SSSR count). The van der Waals surface area contributed by atoms with Crippen LogP contribution in [0.25, 0.3) is 0 Å². The lowest BCUT2D eigenvalue weighted by Gasteiger charge is -2.22. The van der Waals surface area contributed by atoms with Crippen LogP contribution in [0.1, 0.15) is 50.4 Å². The Bertz CT molecular complexity index is 415. The van der Waals surface area contributed by atoms with E-state index in [0.29, 0.717) is 0 Å². The normalized spacial score (nSPS) is 13.3. The SMILES string of the molecule is Cc1ccc([C@H](C)NC(=O)C(C)(C)C)cc1C. The largest absolute Gasteiger partial charge is 0.349 e. The van der Waals surface area contributed by atoms with Gasteiger partial charge in [0.1, 0.15) is 0 Å². The van der Waals surface area contributed by atoms with Crippen LogP contribution in [0.5, 0.6) is 0 Å². The summed E-state index contributed by atoms with van der Waals surface area (Å²) in [5, 5.41) is 3.04. The zero-order valence-corrected chi connectivity index (χ0v) is 11.7. The third-order valence-electron chi connectivity index (χ3n) is 3.06. The van der Waals surface area contributed by atoms with E-state index in [9.17, 15) is 4.79 Å². The van der Waals surface area contributed by atoms with Gasteiger partial charge >= 0.3 is 0 Å². The molecule has 0 fully saturated rings. The topological polar surface area (TPSA) is 29.1 Å². The first-order valence-corrected chi connectivity index (χ1v) is 6.10. The summed E-state index contributed by atoms with van der Waals surface area (Å²) in [4.78, 5) is 11.9. The summed E-state index contributed by atoms with van der Waals surface area (Å²) in [5.74, 6) is 0.0863. The molecule has 1 N–H and O–H groups in total. The van der Waals surface area contributed by atoms with Crippen molar-refractivity contribution in [1.82, 2.24) is 5.32 Å². The smallest absolute Gasteiger partial charge is 0.225 e. The number of hydrogen-bond donors (Lipinski definition) is 1. The molecule has 1 atom stereocenters. The first kappa shape index (κ1) is 13.8. The standard InChI is InChI=1S/C15H23NO/c1-10-7-8-13(9-11(10)2)12(3)16-14(17)15(4,5)6/h7-9,12H,1-6H3,(H,16,17)/t12-/m0/s1. The molecule has 17 heavy (non-hydrogen) atoms. The number of rotatable bonds is 2. The van der Waals surface area contributed by atoms with E-state index in [-0.39, 0.29) is 17.4 Å². The summed E-state index contributed by atoms with van der Waals surface area (Å²) in [7, 11) is 0. The Hall–Kier alpha value is -1.31. The van der Waals surface area contributed by atoms with Gasteiger partial charge in [0.25, 0.3) is 0 Å². The highest BCUT2D eigenvalue weighted by atomic mass is 16.2. The number of carbonyl (C=O) groups is 1. The maximum absolute atomic E-state index is 11.9. The van der Waals surface area contributed by atoms with Crippen LogP contribution in [0, 0.1) is 19.3 Å². The second-order valence-electron chi connectivity index (χ2n) is 5.79. The van der Waals surface area contributed by atoms with Crippen molar-refractivity contribution < 1.29 is 4.79 Å². The highest BCUT2D eigenvalue weighted by Crippen LogP contribution is 2.19. The predicted octanol–water partition coefficient (Wildman–Crippen LogP) is 3.53. The van der Waals surface area contributed by atoms with Crippen LogP contribution in [-0.2, 0) is 4.79 Å². The molecule has 0 radical (unpaired) electrons. The van der Waals surface area contributed by atoms with Gasteiger partial charge < -0.3 is 5.32 Å². The van der Waals surface area contributed by atoms with Crippen LogP contribution in [-0.4, -0.2) is 5.91 Å². The predicted molar refractivity (Wildman–Crippen MR) is 71.9 cm³/mol. The van der Waals surface area contributed by atoms with Crippen LogP contribution < -0.4 is 5.32 Å². The summed E-state index contributed by atoms with van der Waals surface area (Å²) in [6, 6.07) is 6.38. The molecule has 1 aromatic carbocycles. The highest BCUT2D eigenvalue weighted by Gasteiger charge is 2.22. The number of amides is 1. The van der Waals surface area contributed by atoms with Gasteiger partial charge in [-0.2, -0.15) is 0 Å². The fraction of sp³-hybridized carbons (Fsp3) is 0.533. The molecule has 0 spiro atoms. The van der Waals surface area contributed by atoms with E-state index in [1.807, 2.05) is 27.7 Å². The monoisotopic (exact) mass is 233 g/mol. The van der Waals surface area contributed by atoms with Gasteiger partial charge in [-0.05, 0) is 37.5 Å². The number of nitrogens with one attached hydrogen (secondary N) is 1. The van der Waals surface area contributed by atoms with Crippen LogP contribution in [0.2, 0.25) is 0 Å². The maximum Gasteiger partial charge on any atom is 0.225 e. The summed E-state index contributed by atoms with van der Waals surface area (Å²) in [6.07, 6.45) is 0. The van der Waals surface area contributed by atoms with E-state index in [1.165, 1.54) is 11.1 Å². The lowest BCUT2D eigenvalue weighted by molar-refractivity contribution is -0.129. The molecule has 0 aliphatic rings. The molecule has 0 aliphatic carbocycles. The van der Waals surface area contributed by atoms with Crippen molar-refractivity contribution in [3.8, 4) is 0 Å². The van der Waals surface area contributed by atoms with Crippen molar-refractivity contribution in [3.63, 3.8) is 0 Å². The zero-order chi connectivity index (χ0) is 13.2. The molecule has 2 heteroatoms. The lowest BCUT2D eigenvalue weighted by Crippen LogP contribution is -2.36. The van der Waals surface area contributed by atoms with Gasteiger partial charge in [0, 0.05) is 5.41 Å². The van der Waals surface area contributed by atoms with E-state index < -0.39 is 0 Å². The van der Waals surface area contributed by atoms with Crippen molar-refractivity contribution in [2.24, 2.45) is 5.41 Å². The van der Waals surface area contributed by atoms with E-state index in [0.717, 1.165) is 5.56 Å². The number of hydrogen-bond acceptors (Lipinski definition) is 1. The average molecular weight is 233 g/mol. The molecule has 0 unspecified atom stereocenters. The van der Waals surface area contributed by atoms with Gasteiger partial charge in [-0.3, -0.25) is 4.79 Å². The first-order valence-electron chi connectivity index (χ1n) is 6.10. The molecule has 94 valence electrons. The van der Waals surface area contributed by atoms with Crippen LogP contribution >= 0.6 is 0 Å². The number of benzene rings is 1. The molecule has 1 amide bonds. The Labute approximate surface area is 104 Å². The van der Waals surface area contributed by atoms with Crippen molar-refractivity contribution >= 4 is 5.91 Å². The second-order valence-corrected chi connectivity index (χ2v) is 5.79. The van der Waals surface area contributed by atoms with E-state index in [4.69, 9.17) is 0 Å². The minimum atomic E-state index is -0.339.